The number of oxazole rings is 2. The molecule has 0 unspecified atom stereocenters. The van der Waals surface area contributed by atoms with Crippen molar-refractivity contribution in [2.75, 3.05) is 5.32 Å². The molecule has 6 nitrogen and oxygen atoms in total. The number of anilines is 1. The van der Waals surface area contributed by atoms with Crippen LogP contribution in [-0.4, -0.2) is 15.9 Å². The molecule has 3 aromatic heterocycles. The molecule has 0 saturated carbocycles. The number of carbonyl (C=O) groups is 1. The number of hydrogen-bond donors (Lipinski definition) is 1. The summed E-state index contributed by atoms with van der Waals surface area (Å²) in [5.41, 5.74) is 2.11. The van der Waals surface area contributed by atoms with E-state index in [1.54, 1.807) is 25.1 Å². The number of thiophene rings is 1. The number of fused-ring (bicyclic) bond motifs is 1. The highest BCUT2D eigenvalue weighted by Crippen LogP contribution is 2.28. The number of nitrogens with one attached hydrogen (secondary N) is 1. The molecule has 0 radical (unpaired) electrons. The lowest BCUT2D eigenvalue weighted by atomic mass is 9.97. The van der Waals surface area contributed by atoms with Gasteiger partial charge in [0.2, 0.25) is 11.8 Å². The minimum Gasteiger partial charge on any atom is -0.440 e. The molecular formula is C20H19N3O3S. The Morgan fingerprint density at radius 1 is 1.15 bits per heavy atom. The van der Waals surface area contributed by atoms with Crippen molar-refractivity contribution < 1.29 is 13.6 Å². The van der Waals surface area contributed by atoms with Gasteiger partial charge in [0.05, 0.1) is 4.88 Å². The highest BCUT2D eigenvalue weighted by atomic mass is 32.1. The van der Waals surface area contributed by atoms with Crippen molar-refractivity contribution in [3.05, 3.63) is 53.1 Å². The molecule has 4 aromatic rings. The van der Waals surface area contributed by atoms with Crippen LogP contribution in [0.25, 0.3) is 21.9 Å². The lowest BCUT2D eigenvalue weighted by Crippen LogP contribution is -2.13. The predicted molar refractivity (Wildman–Crippen MR) is 105 cm³/mol. The molecule has 0 spiro atoms. The first-order chi connectivity index (χ1) is 12.8. The van der Waals surface area contributed by atoms with Crippen molar-refractivity contribution in [3.63, 3.8) is 0 Å². The number of aromatic nitrogens is 2. The van der Waals surface area contributed by atoms with Crippen LogP contribution in [0.5, 0.6) is 0 Å². The number of amides is 1. The van der Waals surface area contributed by atoms with Crippen LogP contribution in [-0.2, 0) is 5.41 Å². The highest BCUT2D eigenvalue weighted by Gasteiger charge is 2.22. The third-order valence-electron chi connectivity index (χ3n) is 4.03. The van der Waals surface area contributed by atoms with Crippen LogP contribution in [0.3, 0.4) is 0 Å². The van der Waals surface area contributed by atoms with Crippen molar-refractivity contribution in [1.29, 1.82) is 0 Å². The molecule has 0 atom stereocenters. The summed E-state index contributed by atoms with van der Waals surface area (Å²) in [5, 5.41) is 4.80. The summed E-state index contributed by atoms with van der Waals surface area (Å²) in [4.78, 5) is 22.4. The second kappa shape index (κ2) is 6.35. The second-order valence-electron chi connectivity index (χ2n) is 7.31. The van der Waals surface area contributed by atoms with Crippen LogP contribution in [0.4, 0.5) is 5.69 Å². The molecule has 0 bridgehead atoms. The predicted octanol–water partition coefficient (Wildman–Crippen LogP) is 5.40. The fraction of sp³-hybridized carbons (Fsp3) is 0.250. The molecule has 27 heavy (non-hydrogen) atoms. The Kier molecular flexibility index (Phi) is 4.11. The van der Waals surface area contributed by atoms with Gasteiger partial charge >= 0.3 is 0 Å². The molecule has 1 N–H and O–H groups in total. The summed E-state index contributed by atoms with van der Waals surface area (Å²) in [5.74, 6) is 1.27. The summed E-state index contributed by atoms with van der Waals surface area (Å²) < 4.78 is 11.4. The van der Waals surface area contributed by atoms with E-state index < -0.39 is 0 Å². The van der Waals surface area contributed by atoms with Gasteiger partial charge in [-0.05, 0) is 36.6 Å². The molecule has 4 rings (SSSR count). The maximum Gasteiger partial charge on any atom is 0.277 e. The van der Waals surface area contributed by atoms with E-state index in [0.717, 1.165) is 4.88 Å². The lowest BCUT2D eigenvalue weighted by Gasteiger charge is -2.11. The molecule has 138 valence electrons. The summed E-state index contributed by atoms with van der Waals surface area (Å²) >= 11 is 1.51. The Balaban J connectivity index is 1.59. The number of aryl methyl sites for hydroxylation is 1. The maximum atomic E-state index is 12.6. The third-order valence-corrected chi connectivity index (χ3v) is 4.89. The van der Waals surface area contributed by atoms with E-state index in [-0.39, 0.29) is 17.0 Å². The Bertz CT molecular complexity index is 1120. The Morgan fingerprint density at radius 2 is 1.96 bits per heavy atom. The van der Waals surface area contributed by atoms with Gasteiger partial charge < -0.3 is 14.2 Å². The summed E-state index contributed by atoms with van der Waals surface area (Å²) in [6.45, 7) is 7.85. The van der Waals surface area contributed by atoms with E-state index in [1.807, 2.05) is 38.3 Å². The van der Waals surface area contributed by atoms with E-state index in [1.165, 1.54) is 11.3 Å². The van der Waals surface area contributed by atoms with E-state index >= 15 is 0 Å². The van der Waals surface area contributed by atoms with Crippen molar-refractivity contribution >= 4 is 34.0 Å². The topological polar surface area (TPSA) is 81.2 Å². The second-order valence-corrected chi connectivity index (χ2v) is 8.25. The van der Waals surface area contributed by atoms with Crippen LogP contribution in [0.15, 0.2) is 44.5 Å². The smallest absolute Gasteiger partial charge is 0.277 e. The van der Waals surface area contributed by atoms with Gasteiger partial charge in [0.1, 0.15) is 11.3 Å². The molecule has 0 fully saturated rings. The first-order valence-corrected chi connectivity index (χ1v) is 9.43. The van der Waals surface area contributed by atoms with Gasteiger partial charge in [-0.1, -0.05) is 26.8 Å². The number of rotatable bonds is 3. The zero-order valence-electron chi connectivity index (χ0n) is 15.5. The van der Waals surface area contributed by atoms with E-state index in [2.05, 4.69) is 15.3 Å². The minimum absolute atomic E-state index is 0.182. The van der Waals surface area contributed by atoms with Gasteiger partial charge in [-0.3, -0.25) is 4.79 Å². The molecule has 0 aliphatic carbocycles. The molecular weight excluding hydrogens is 362 g/mol. The zero-order valence-corrected chi connectivity index (χ0v) is 16.3. The van der Waals surface area contributed by atoms with Gasteiger partial charge in [0.15, 0.2) is 11.3 Å². The fourth-order valence-corrected chi connectivity index (χ4v) is 3.28. The minimum atomic E-state index is -0.321. The molecule has 1 amide bonds. The molecule has 0 aliphatic heterocycles. The van der Waals surface area contributed by atoms with Crippen molar-refractivity contribution in [1.82, 2.24) is 9.97 Å². The molecule has 1 aromatic carbocycles. The highest BCUT2D eigenvalue weighted by molar-refractivity contribution is 7.13. The van der Waals surface area contributed by atoms with Crippen LogP contribution in [0.2, 0.25) is 0 Å². The molecule has 0 saturated heterocycles. The number of carbonyl (C=O) groups excluding carboxylic acids is 1. The van der Waals surface area contributed by atoms with E-state index in [9.17, 15) is 4.79 Å². The van der Waals surface area contributed by atoms with Gasteiger partial charge in [-0.2, -0.15) is 0 Å². The Labute approximate surface area is 160 Å². The van der Waals surface area contributed by atoms with Gasteiger partial charge in [-0.15, -0.1) is 11.3 Å². The zero-order chi connectivity index (χ0) is 19.2. The van der Waals surface area contributed by atoms with Crippen molar-refractivity contribution in [2.24, 2.45) is 0 Å². The van der Waals surface area contributed by atoms with E-state index in [4.69, 9.17) is 8.83 Å². The lowest BCUT2D eigenvalue weighted by molar-refractivity contribution is 0.102. The van der Waals surface area contributed by atoms with Crippen LogP contribution in [0, 0.1) is 6.92 Å². The first-order valence-electron chi connectivity index (χ1n) is 8.55. The van der Waals surface area contributed by atoms with E-state index in [0.29, 0.717) is 34.3 Å². The summed E-state index contributed by atoms with van der Waals surface area (Å²) in [6.07, 6.45) is 0. The summed E-state index contributed by atoms with van der Waals surface area (Å²) in [7, 11) is 0. The number of benzene rings is 1. The Morgan fingerprint density at radius 3 is 2.67 bits per heavy atom. The van der Waals surface area contributed by atoms with Gasteiger partial charge in [0, 0.05) is 11.1 Å². The average Bonchev–Trinajstić information content (AvgIpc) is 3.32. The Hall–Kier alpha value is -2.93. The van der Waals surface area contributed by atoms with Gasteiger partial charge in [0.25, 0.3) is 5.91 Å². The number of hydrogen-bond acceptors (Lipinski definition) is 6. The molecule has 0 aliphatic rings. The first kappa shape index (κ1) is 17.5. The standard InChI is InChI=1S/C20H19N3O3S/c1-11-16(23-18(25-11)15-6-5-9-27-15)17(24)21-12-7-8-14-13(10-12)22-19(26-14)20(2,3)4/h5-10H,1-4H3,(H,21,24). The van der Waals surface area contributed by atoms with Crippen molar-refractivity contribution in [2.45, 2.75) is 33.1 Å². The van der Waals surface area contributed by atoms with Crippen LogP contribution in [0.1, 0.15) is 42.9 Å². The maximum absolute atomic E-state index is 12.6. The normalized spacial score (nSPS) is 11.9. The number of nitrogens with zero attached hydrogens (tertiary/aromatic N) is 2. The van der Waals surface area contributed by atoms with Crippen LogP contribution < -0.4 is 5.32 Å². The van der Waals surface area contributed by atoms with Crippen LogP contribution >= 0.6 is 11.3 Å². The van der Waals surface area contributed by atoms with Gasteiger partial charge in [-0.25, -0.2) is 9.97 Å². The summed E-state index contributed by atoms with van der Waals surface area (Å²) in [6, 6.07) is 9.20. The molecule has 3 heterocycles. The monoisotopic (exact) mass is 381 g/mol. The SMILES string of the molecule is Cc1oc(-c2cccs2)nc1C(=O)Nc1ccc2oc(C(C)(C)C)nc2c1. The third kappa shape index (κ3) is 3.38. The quantitative estimate of drug-likeness (QED) is 0.514. The molecule has 7 heteroatoms. The largest absolute Gasteiger partial charge is 0.440 e. The van der Waals surface area contributed by atoms with Crippen molar-refractivity contribution in [3.8, 4) is 10.8 Å². The average molecular weight is 381 g/mol. The fourth-order valence-electron chi connectivity index (χ4n) is 2.63.